The van der Waals surface area contributed by atoms with Gasteiger partial charge in [0.05, 0.1) is 18.1 Å². The van der Waals surface area contributed by atoms with Crippen LogP contribution in [0.5, 0.6) is 0 Å². The van der Waals surface area contributed by atoms with Crippen LogP contribution >= 0.6 is 15.9 Å². The van der Waals surface area contributed by atoms with E-state index in [2.05, 4.69) is 15.9 Å². The van der Waals surface area contributed by atoms with E-state index in [1.807, 2.05) is 26.0 Å². The van der Waals surface area contributed by atoms with Crippen molar-refractivity contribution in [3.8, 4) is 0 Å². The summed E-state index contributed by atoms with van der Waals surface area (Å²) in [7, 11) is -3.45. The summed E-state index contributed by atoms with van der Waals surface area (Å²) in [6, 6.07) is 6.88. The summed E-state index contributed by atoms with van der Waals surface area (Å²) in [5.74, 6) is 0. The molecule has 4 nitrogen and oxygen atoms in total. The fraction of sp³-hybridized carbons (Fsp3) is 0.571. The van der Waals surface area contributed by atoms with Gasteiger partial charge in [-0.25, -0.2) is 8.42 Å². The minimum absolute atomic E-state index is 0.133. The van der Waals surface area contributed by atoms with E-state index in [1.54, 1.807) is 16.4 Å². The standard InChI is InChI=1S/C14H20BrNO3S/c1-11-9-19-10-12(2)16(11)20(17,18)14-5-3-13(4-6-14)7-8-15/h3-6,11-12H,7-10H2,1-2H3. The molecule has 2 rings (SSSR count). The van der Waals surface area contributed by atoms with E-state index in [0.717, 1.165) is 17.3 Å². The monoisotopic (exact) mass is 361 g/mol. The third-order valence-electron chi connectivity index (χ3n) is 3.47. The molecule has 1 aliphatic heterocycles. The van der Waals surface area contributed by atoms with Crippen LogP contribution in [-0.4, -0.2) is 43.4 Å². The van der Waals surface area contributed by atoms with Gasteiger partial charge in [0.15, 0.2) is 0 Å². The van der Waals surface area contributed by atoms with Crippen molar-refractivity contribution >= 4 is 26.0 Å². The SMILES string of the molecule is CC1COCC(C)N1S(=O)(=O)c1ccc(CCBr)cc1. The molecule has 0 radical (unpaired) electrons. The summed E-state index contributed by atoms with van der Waals surface area (Å²) in [6.07, 6.45) is 0.894. The lowest BCUT2D eigenvalue weighted by Crippen LogP contribution is -2.52. The van der Waals surface area contributed by atoms with Crippen molar-refractivity contribution < 1.29 is 13.2 Å². The second-order valence-electron chi connectivity index (χ2n) is 5.15. The van der Waals surface area contributed by atoms with Gasteiger partial charge in [-0.05, 0) is 38.0 Å². The normalized spacial score (nSPS) is 24.8. The van der Waals surface area contributed by atoms with Gasteiger partial charge in [-0.1, -0.05) is 28.1 Å². The topological polar surface area (TPSA) is 46.6 Å². The van der Waals surface area contributed by atoms with Crippen molar-refractivity contribution in [1.29, 1.82) is 0 Å². The summed E-state index contributed by atoms with van der Waals surface area (Å²) in [4.78, 5) is 0.358. The van der Waals surface area contributed by atoms with E-state index in [4.69, 9.17) is 4.74 Å². The zero-order valence-corrected chi connectivity index (χ0v) is 14.2. The number of benzene rings is 1. The lowest BCUT2D eigenvalue weighted by molar-refractivity contribution is 0.00636. The van der Waals surface area contributed by atoms with E-state index in [0.29, 0.717) is 18.1 Å². The predicted octanol–water partition coefficient (Wildman–Crippen LogP) is 2.42. The average Bonchev–Trinajstić information content (AvgIpc) is 2.39. The van der Waals surface area contributed by atoms with Crippen molar-refractivity contribution in [3.63, 3.8) is 0 Å². The van der Waals surface area contributed by atoms with Crippen molar-refractivity contribution in [2.24, 2.45) is 0 Å². The zero-order valence-electron chi connectivity index (χ0n) is 11.8. The number of rotatable bonds is 4. The molecule has 2 atom stereocenters. The minimum atomic E-state index is -3.45. The van der Waals surface area contributed by atoms with Crippen LogP contribution in [0.2, 0.25) is 0 Å². The van der Waals surface area contributed by atoms with Gasteiger partial charge in [-0.3, -0.25) is 0 Å². The Labute approximate surface area is 129 Å². The maximum atomic E-state index is 12.7. The highest BCUT2D eigenvalue weighted by Crippen LogP contribution is 2.24. The van der Waals surface area contributed by atoms with Gasteiger partial charge in [0, 0.05) is 17.4 Å². The van der Waals surface area contributed by atoms with E-state index in [1.165, 1.54) is 0 Å². The van der Waals surface area contributed by atoms with Crippen LogP contribution in [0, 0.1) is 0 Å². The van der Waals surface area contributed by atoms with Crippen LogP contribution in [0.1, 0.15) is 19.4 Å². The summed E-state index contributed by atoms with van der Waals surface area (Å²) < 4.78 is 32.4. The van der Waals surface area contributed by atoms with Crippen LogP contribution in [-0.2, 0) is 21.2 Å². The Balaban J connectivity index is 2.29. The molecule has 0 aromatic heterocycles. The molecule has 0 aliphatic carbocycles. The second-order valence-corrected chi connectivity index (χ2v) is 7.79. The number of halogens is 1. The van der Waals surface area contributed by atoms with Gasteiger partial charge >= 0.3 is 0 Å². The third kappa shape index (κ3) is 3.24. The molecule has 1 aromatic carbocycles. The summed E-state index contributed by atoms with van der Waals surface area (Å²) in [5, 5.41) is 0.872. The van der Waals surface area contributed by atoms with Gasteiger partial charge in [0.1, 0.15) is 0 Å². The Morgan fingerprint density at radius 2 is 1.75 bits per heavy atom. The van der Waals surface area contributed by atoms with Gasteiger partial charge < -0.3 is 4.74 Å². The number of hydrogen-bond acceptors (Lipinski definition) is 3. The number of aryl methyl sites for hydroxylation is 1. The first-order chi connectivity index (χ1) is 9.46. The van der Waals surface area contributed by atoms with Gasteiger partial charge in [-0.2, -0.15) is 4.31 Å². The van der Waals surface area contributed by atoms with Crippen LogP contribution in [0.3, 0.4) is 0 Å². The predicted molar refractivity (Wildman–Crippen MR) is 82.7 cm³/mol. The first-order valence-corrected chi connectivity index (χ1v) is 9.29. The van der Waals surface area contributed by atoms with E-state index < -0.39 is 10.0 Å². The maximum Gasteiger partial charge on any atom is 0.243 e. The molecule has 0 bridgehead atoms. The van der Waals surface area contributed by atoms with Gasteiger partial charge in [0.2, 0.25) is 10.0 Å². The quantitative estimate of drug-likeness (QED) is 0.773. The van der Waals surface area contributed by atoms with Crippen LogP contribution < -0.4 is 0 Å². The molecule has 1 heterocycles. The van der Waals surface area contributed by atoms with E-state index in [-0.39, 0.29) is 12.1 Å². The molecule has 0 amide bonds. The minimum Gasteiger partial charge on any atom is -0.378 e. The Morgan fingerprint density at radius 3 is 2.25 bits per heavy atom. The van der Waals surface area contributed by atoms with Crippen LogP contribution in [0.4, 0.5) is 0 Å². The van der Waals surface area contributed by atoms with Crippen LogP contribution in [0.15, 0.2) is 29.2 Å². The highest BCUT2D eigenvalue weighted by molar-refractivity contribution is 9.09. The number of sulfonamides is 1. The van der Waals surface area contributed by atoms with Crippen molar-refractivity contribution in [2.45, 2.75) is 37.2 Å². The van der Waals surface area contributed by atoms with E-state index in [9.17, 15) is 8.42 Å². The molecular weight excluding hydrogens is 342 g/mol. The molecule has 1 fully saturated rings. The highest BCUT2D eigenvalue weighted by Gasteiger charge is 2.36. The molecule has 112 valence electrons. The molecule has 20 heavy (non-hydrogen) atoms. The number of ether oxygens (including phenoxy) is 1. The number of morpholine rings is 1. The zero-order chi connectivity index (χ0) is 14.8. The van der Waals surface area contributed by atoms with Crippen molar-refractivity contribution in [2.75, 3.05) is 18.5 Å². The first kappa shape index (κ1) is 15.9. The molecule has 1 aliphatic rings. The number of alkyl halides is 1. The summed E-state index contributed by atoms with van der Waals surface area (Å²) in [5.41, 5.74) is 1.13. The Kier molecular flexibility index (Phi) is 5.23. The highest BCUT2D eigenvalue weighted by atomic mass is 79.9. The van der Waals surface area contributed by atoms with E-state index >= 15 is 0 Å². The lowest BCUT2D eigenvalue weighted by Gasteiger charge is -2.37. The third-order valence-corrected chi connectivity index (χ3v) is 6.01. The number of hydrogen-bond donors (Lipinski definition) is 0. The molecule has 2 unspecified atom stereocenters. The Morgan fingerprint density at radius 1 is 1.20 bits per heavy atom. The first-order valence-electron chi connectivity index (χ1n) is 6.73. The van der Waals surface area contributed by atoms with Gasteiger partial charge in [0.25, 0.3) is 0 Å². The summed E-state index contributed by atoms with van der Waals surface area (Å²) >= 11 is 3.38. The molecular formula is C14H20BrNO3S. The largest absolute Gasteiger partial charge is 0.378 e. The molecule has 1 aromatic rings. The van der Waals surface area contributed by atoms with Crippen molar-refractivity contribution in [1.82, 2.24) is 4.31 Å². The Hall–Kier alpha value is -0.430. The van der Waals surface area contributed by atoms with Crippen molar-refractivity contribution in [3.05, 3.63) is 29.8 Å². The molecule has 6 heteroatoms. The fourth-order valence-corrected chi connectivity index (χ4v) is 4.77. The van der Waals surface area contributed by atoms with Gasteiger partial charge in [-0.15, -0.1) is 0 Å². The molecule has 0 spiro atoms. The maximum absolute atomic E-state index is 12.7. The second kappa shape index (κ2) is 6.56. The lowest BCUT2D eigenvalue weighted by atomic mass is 10.2. The number of nitrogens with zero attached hydrogens (tertiary/aromatic N) is 1. The van der Waals surface area contributed by atoms with Crippen LogP contribution in [0.25, 0.3) is 0 Å². The molecule has 0 N–H and O–H groups in total. The smallest absolute Gasteiger partial charge is 0.243 e. The molecule has 1 saturated heterocycles. The average molecular weight is 362 g/mol. The molecule has 0 saturated carbocycles. The summed E-state index contributed by atoms with van der Waals surface area (Å²) in [6.45, 7) is 4.66. The fourth-order valence-electron chi connectivity index (χ4n) is 2.52. The Bertz CT molecular complexity index is 534.